The van der Waals surface area contributed by atoms with Crippen molar-refractivity contribution >= 4 is 23.5 Å². The van der Waals surface area contributed by atoms with Crippen molar-refractivity contribution in [3.05, 3.63) is 44.2 Å². The summed E-state index contributed by atoms with van der Waals surface area (Å²) >= 11 is 0. The highest BCUT2D eigenvalue weighted by Gasteiger charge is 2.40. The van der Waals surface area contributed by atoms with Gasteiger partial charge in [0.25, 0.3) is 5.56 Å². The van der Waals surface area contributed by atoms with Gasteiger partial charge in [-0.25, -0.2) is 18.5 Å². The van der Waals surface area contributed by atoms with E-state index in [1.807, 2.05) is 0 Å². The molecule has 17 heteroatoms. The van der Waals surface area contributed by atoms with E-state index < -0.39 is 41.3 Å². The van der Waals surface area contributed by atoms with Gasteiger partial charge >= 0.3 is 29.2 Å². The monoisotopic (exact) mass is 462 g/mol. The fraction of sp³-hybridized carbons (Fsp3) is 0.455. The van der Waals surface area contributed by atoms with E-state index in [1.54, 1.807) is 6.08 Å². The molecule has 2 unspecified atom stereocenters. The molecule has 0 radical (unpaired) electrons. The van der Waals surface area contributed by atoms with Crippen LogP contribution in [0.3, 0.4) is 0 Å². The van der Waals surface area contributed by atoms with Crippen LogP contribution in [-0.2, 0) is 26.8 Å². The molecule has 1 aromatic rings. The topological polar surface area (TPSA) is 215 Å². The van der Waals surface area contributed by atoms with E-state index in [9.17, 15) is 28.2 Å². The molecule has 0 saturated carbocycles. The molecule has 1 heterocycles. The summed E-state index contributed by atoms with van der Waals surface area (Å²) in [4.78, 5) is 60.9. The predicted octanol–water partition coefficient (Wildman–Crippen LogP) is 0.450. The Morgan fingerprint density at radius 2 is 1.79 bits per heavy atom. The smallest absolute Gasteiger partial charge is 0.302 e. The standard InChI is InChI=1S/C11H17N2O12P3/c1-7-5-13(11(15)12-10(7)14)9-3-2-8(4-9)6-23-27(19,20)25-28(21,22)24-26(16,17)18/h2,5,9H,3-4,6H2,1H3,(H,19,20)(H,21,22)(H,12,14,15)(H2,16,17,18)/t9-/m0/s1. The molecular weight excluding hydrogens is 445 g/mol. The molecule has 158 valence electrons. The first-order chi connectivity index (χ1) is 12.7. The first-order valence-electron chi connectivity index (χ1n) is 7.46. The minimum Gasteiger partial charge on any atom is -0.302 e. The van der Waals surface area contributed by atoms with Gasteiger partial charge in [-0.05, 0) is 25.3 Å². The Hall–Kier alpha value is -1.17. The summed E-state index contributed by atoms with van der Waals surface area (Å²) in [7, 11) is -16.2. The fourth-order valence-corrected chi connectivity index (χ4v) is 5.45. The predicted molar refractivity (Wildman–Crippen MR) is 92.2 cm³/mol. The number of H-pyrrole nitrogens is 1. The van der Waals surface area contributed by atoms with Crippen LogP contribution >= 0.6 is 23.5 Å². The summed E-state index contributed by atoms with van der Waals surface area (Å²) in [6, 6.07) is -0.387. The van der Waals surface area contributed by atoms with Gasteiger partial charge in [0.2, 0.25) is 0 Å². The van der Waals surface area contributed by atoms with Gasteiger partial charge in [-0.1, -0.05) is 6.08 Å². The summed E-state index contributed by atoms with van der Waals surface area (Å²) in [6.45, 7) is 0.991. The summed E-state index contributed by atoms with van der Waals surface area (Å²) in [5, 5.41) is 0. The van der Waals surface area contributed by atoms with E-state index in [2.05, 4.69) is 18.1 Å². The lowest BCUT2D eigenvalue weighted by atomic mass is 10.2. The number of aromatic amines is 1. The van der Waals surface area contributed by atoms with E-state index in [4.69, 9.17) is 14.7 Å². The van der Waals surface area contributed by atoms with Crippen LogP contribution in [0.4, 0.5) is 0 Å². The summed E-state index contributed by atoms with van der Waals surface area (Å²) in [5.41, 5.74) is -0.369. The highest BCUT2D eigenvalue weighted by Crippen LogP contribution is 2.66. The first-order valence-corrected chi connectivity index (χ1v) is 12.0. The Labute approximate surface area is 156 Å². The summed E-state index contributed by atoms with van der Waals surface area (Å²) in [5.74, 6) is 0. The average molecular weight is 462 g/mol. The molecule has 0 bridgehead atoms. The number of nitrogens with one attached hydrogen (secondary N) is 1. The number of hydrogen-bond donors (Lipinski definition) is 5. The Morgan fingerprint density at radius 1 is 1.14 bits per heavy atom. The van der Waals surface area contributed by atoms with Crippen molar-refractivity contribution in [1.29, 1.82) is 0 Å². The maximum Gasteiger partial charge on any atom is 0.490 e. The number of aryl methyl sites for hydroxylation is 1. The van der Waals surface area contributed by atoms with Crippen molar-refractivity contribution in [2.45, 2.75) is 25.8 Å². The Bertz CT molecular complexity index is 1040. The molecule has 0 aliphatic heterocycles. The van der Waals surface area contributed by atoms with E-state index in [-0.39, 0.29) is 12.5 Å². The third-order valence-corrected chi connectivity index (χ3v) is 7.33. The van der Waals surface area contributed by atoms with Crippen LogP contribution in [0.2, 0.25) is 0 Å². The molecule has 0 fully saturated rings. The van der Waals surface area contributed by atoms with Crippen molar-refractivity contribution in [1.82, 2.24) is 9.55 Å². The highest BCUT2D eigenvalue weighted by atomic mass is 31.3. The Kier molecular flexibility index (Phi) is 6.84. The molecule has 28 heavy (non-hydrogen) atoms. The maximum absolute atomic E-state index is 11.9. The van der Waals surface area contributed by atoms with Gasteiger partial charge in [0, 0.05) is 17.8 Å². The lowest BCUT2D eigenvalue weighted by Crippen LogP contribution is -2.32. The van der Waals surface area contributed by atoms with Crippen molar-refractivity contribution in [3.8, 4) is 0 Å². The zero-order valence-corrected chi connectivity index (χ0v) is 16.9. The van der Waals surface area contributed by atoms with Crippen LogP contribution in [0.5, 0.6) is 0 Å². The molecule has 0 saturated heterocycles. The zero-order valence-electron chi connectivity index (χ0n) is 14.2. The third-order valence-electron chi connectivity index (χ3n) is 3.54. The summed E-state index contributed by atoms with van der Waals surface area (Å²) in [6.07, 6.45) is 3.54. The highest BCUT2D eigenvalue weighted by molar-refractivity contribution is 7.66. The third kappa shape index (κ3) is 6.71. The molecular formula is C11H17N2O12P3. The quantitative estimate of drug-likeness (QED) is 0.263. The number of phosphoric acid groups is 3. The molecule has 1 aliphatic carbocycles. The molecule has 0 aromatic carbocycles. The van der Waals surface area contributed by atoms with Gasteiger partial charge in [0.15, 0.2) is 0 Å². The van der Waals surface area contributed by atoms with Crippen LogP contribution in [0.15, 0.2) is 27.4 Å². The van der Waals surface area contributed by atoms with E-state index in [0.717, 1.165) is 0 Å². The second-order valence-electron chi connectivity index (χ2n) is 5.80. The molecule has 2 rings (SSSR count). The minimum absolute atomic E-state index is 0.209. The van der Waals surface area contributed by atoms with Gasteiger partial charge in [-0.15, -0.1) is 0 Å². The largest absolute Gasteiger partial charge is 0.490 e. The van der Waals surface area contributed by atoms with E-state index in [1.165, 1.54) is 17.7 Å². The van der Waals surface area contributed by atoms with Crippen molar-refractivity contribution in [2.75, 3.05) is 6.61 Å². The maximum atomic E-state index is 11.9. The Balaban J connectivity index is 1.97. The number of allylic oxidation sites excluding steroid dienone is 1. The van der Waals surface area contributed by atoms with Crippen LogP contribution in [0.25, 0.3) is 0 Å². The van der Waals surface area contributed by atoms with Crippen molar-refractivity contribution in [2.24, 2.45) is 0 Å². The zero-order chi connectivity index (χ0) is 21.3. The van der Waals surface area contributed by atoms with E-state index >= 15 is 0 Å². The van der Waals surface area contributed by atoms with Gasteiger partial charge in [0.1, 0.15) is 0 Å². The number of rotatable bonds is 8. The lowest BCUT2D eigenvalue weighted by molar-refractivity contribution is 0.179. The second kappa shape index (κ2) is 8.29. The number of aromatic nitrogens is 2. The minimum atomic E-state index is -5.57. The molecule has 14 nitrogen and oxygen atoms in total. The van der Waals surface area contributed by atoms with Crippen molar-refractivity contribution < 1.29 is 46.4 Å². The van der Waals surface area contributed by atoms with Gasteiger partial charge in [0.05, 0.1) is 6.61 Å². The number of phosphoric ester groups is 1. The number of nitrogens with zero attached hydrogens (tertiary/aromatic N) is 1. The summed E-state index contributed by atoms with van der Waals surface area (Å²) < 4.78 is 46.5. The molecule has 5 N–H and O–H groups in total. The second-order valence-corrected chi connectivity index (χ2v) is 10.2. The number of hydrogen-bond acceptors (Lipinski definition) is 8. The van der Waals surface area contributed by atoms with Crippen molar-refractivity contribution in [3.63, 3.8) is 0 Å². The van der Waals surface area contributed by atoms with E-state index in [0.29, 0.717) is 17.6 Å². The normalized spacial score (nSPS) is 21.8. The van der Waals surface area contributed by atoms with Crippen LogP contribution < -0.4 is 11.2 Å². The molecule has 0 amide bonds. The molecule has 3 atom stereocenters. The molecule has 1 aliphatic rings. The average Bonchev–Trinajstić information content (AvgIpc) is 2.94. The van der Waals surface area contributed by atoms with Gasteiger partial charge in [-0.3, -0.25) is 18.9 Å². The molecule has 1 aromatic heterocycles. The first kappa shape index (κ1) is 23.1. The fourth-order valence-electron chi connectivity index (χ4n) is 2.43. The SMILES string of the molecule is Cc1cn([C@H]2CC=C(COP(=O)(O)OP(=O)(O)OP(=O)(O)O)C2)c(=O)[nH]c1=O. The van der Waals surface area contributed by atoms with Crippen LogP contribution in [-0.4, -0.2) is 35.7 Å². The lowest BCUT2D eigenvalue weighted by Gasteiger charge is -2.17. The van der Waals surface area contributed by atoms with Crippen LogP contribution in [0.1, 0.15) is 24.4 Å². The Morgan fingerprint density at radius 3 is 2.39 bits per heavy atom. The van der Waals surface area contributed by atoms with Gasteiger partial charge < -0.3 is 19.6 Å². The van der Waals surface area contributed by atoms with Crippen LogP contribution in [0, 0.1) is 6.92 Å². The molecule has 0 spiro atoms. The van der Waals surface area contributed by atoms with Gasteiger partial charge in [-0.2, -0.15) is 8.62 Å².